The van der Waals surface area contributed by atoms with Crippen LogP contribution in [0.2, 0.25) is 5.02 Å². The van der Waals surface area contributed by atoms with Crippen molar-refractivity contribution in [3.05, 3.63) is 59.1 Å². The van der Waals surface area contributed by atoms with Crippen LogP contribution in [-0.2, 0) is 21.4 Å². The summed E-state index contributed by atoms with van der Waals surface area (Å²) in [5, 5.41) is 8.83. The number of amides is 1. The van der Waals surface area contributed by atoms with Gasteiger partial charge in [-0.1, -0.05) is 23.7 Å². The molecule has 2 aromatic rings. The van der Waals surface area contributed by atoms with Gasteiger partial charge in [-0.05, 0) is 42.0 Å². The Kier molecular flexibility index (Phi) is 6.56. The maximum atomic E-state index is 12.4. The van der Waals surface area contributed by atoms with Crippen molar-refractivity contribution in [2.75, 3.05) is 38.0 Å². The highest BCUT2D eigenvalue weighted by atomic mass is 35.5. The fourth-order valence-electron chi connectivity index (χ4n) is 3.06. The molecule has 28 heavy (non-hydrogen) atoms. The molecular weight excluding hydrogens is 400 g/mol. The highest BCUT2D eigenvalue weighted by Crippen LogP contribution is 2.14. The van der Waals surface area contributed by atoms with Gasteiger partial charge in [0.05, 0.1) is 11.4 Å². The predicted octanol–water partition coefficient (Wildman–Crippen LogP) is 1.74. The molecular formula is C19H23ClN4O3S. The van der Waals surface area contributed by atoms with E-state index < -0.39 is 10.0 Å². The summed E-state index contributed by atoms with van der Waals surface area (Å²) in [7, 11) is -3.71. The van der Waals surface area contributed by atoms with Gasteiger partial charge in [0.15, 0.2) is 0 Å². The number of anilines is 1. The van der Waals surface area contributed by atoms with Gasteiger partial charge in [0.2, 0.25) is 15.9 Å². The third kappa shape index (κ3) is 5.68. The lowest BCUT2D eigenvalue weighted by atomic mass is 10.2. The summed E-state index contributed by atoms with van der Waals surface area (Å²) in [6.45, 7) is 3.99. The molecule has 1 fully saturated rings. The molecule has 0 saturated carbocycles. The number of rotatable bonds is 6. The van der Waals surface area contributed by atoms with Gasteiger partial charge in [-0.15, -0.1) is 0 Å². The van der Waals surface area contributed by atoms with Crippen LogP contribution < -0.4 is 10.5 Å². The Morgan fingerprint density at radius 3 is 2.18 bits per heavy atom. The molecule has 150 valence electrons. The van der Waals surface area contributed by atoms with Gasteiger partial charge in [0.1, 0.15) is 0 Å². The van der Waals surface area contributed by atoms with E-state index in [-0.39, 0.29) is 17.3 Å². The summed E-state index contributed by atoms with van der Waals surface area (Å²) in [6, 6.07) is 13.8. The number of benzene rings is 2. The van der Waals surface area contributed by atoms with Crippen molar-refractivity contribution in [1.82, 2.24) is 9.80 Å². The van der Waals surface area contributed by atoms with Gasteiger partial charge in [-0.3, -0.25) is 9.69 Å². The fraction of sp³-hybridized carbons (Fsp3) is 0.316. The SMILES string of the molecule is NS(=O)(=O)c1ccc(NCC(=O)N2CCN(Cc3ccc(Cl)cc3)CC2)cc1. The van der Waals surface area contributed by atoms with Crippen molar-refractivity contribution in [3.8, 4) is 0 Å². The van der Waals surface area contributed by atoms with Crippen molar-refractivity contribution in [1.29, 1.82) is 0 Å². The Bertz CT molecular complexity index is 909. The molecule has 1 aliphatic heterocycles. The molecule has 2 aromatic carbocycles. The van der Waals surface area contributed by atoms with E-state index in [2.05, 4.69) is 10.2 Å². The van der Waals surface area contributed by atoms with Crippen LogP contribution in [-0.4, -0.2) is 56.8 Å². The van der Waals surface area contributed by atoms with E-state index in [0.717, 1.165) is 24.7 Å². The van der Waals surface area contributed by atoms with E-state index >= 15 is 0 Å². The van der Waals surface area contributed by atoms with Crippen LogP contribution in [0.25, 0.3) is 0 Å². The second-order valence-corrected chi connectivity index (χ2v) is 8.70. The van der Waals surface area contributed by atoms with Crippen molar-refractivity contribution in [3.63, 3.8) is 0 Å². The second kappa shape index (κ2) is 8.91. The van der Waals surface area contributed by atoms with Gasteiger partial charge in [0, 0.05) is 43.4 Å². The van der Waals surface area contributed by atoms with Crippen LogP contribution >= 0.6 is 11.6 Å². The molecule has 1 heterocycles. The second-order valence-electron chi connectivity index (χ2n) is 6.71. The number of halogens is 1. The number of piperazine rings is 1. The van der Waals surface area contributed by atoms with Gasteiger partial charge in [0.25, 0.3) is 0 Å². The molecule has 7 nitrogen and oxygen atoms in total. The first kappa shape index (κ1) is 20.6. The molecule has 0 aliphatic carbocycles. The van der Waals surface area contributed by atoms with Crippen LogP contribution in [0, 0.1) is 0 Å². The van der Waals surface area contributed by atoms with Gasteiger partial charge >= 0.3 is 0 Å². The van der Waals surface area contributed by atoms with Crippen LogP contribution in [0.15, 0.2) is 53.4 Å². The molecule has 3 N–H and O–H groups in total. The topological polar surface area (TPSA) is 95.7 Å². The summed E-state index contributed by atoms with van der Waals surface area (Å²) in [5.41, 5.74) is 1.87. The zero-order valence-corrected chi connectivity index (χ0v) is 16.9. The Balaban J connectivity index is 1.44. The van der Waals surface area contributed by atoms with E-state index in [9.17, 15) is 13.2 Å². The van der Waals surface area contributed by atoms with E-state index in [1.165, 1.54) is 17.7 Å². The standard InChI is InChI=1S/C19H23ClN4O3S/c20-16-3-1-15(2-4-16)14-23-9-11-24(12-10-23)19(25)13-22-17-5-7-18(8-6-17)28(21,26)27/h1-8,22H,9-14H2,(H2,21,26,27). The Morgan fingerprint density at radius 2 is 1.61 bits per heavy atom. The smallest absolute Gasteiger partial charge is 0.241 e. The average Bonchev–Trinajstić information content (AvgIpc) is 2.68. The minimum atomic E-state index is -3.71. The number of nitrogens with one attached hydrogen (secondary N) is 1. The minimum absolute atomic E-state index is 0.0154. The summed E-state index contributed by atoms with van der Waals surface area (Å²) in [5.74, 6) is 0.0154. The molecule has 0 radical (unpaired) electrons. The average molecular weight is 423 g/mol. The number of hydrogen-bond donors (Lipinski definition) is 2. The first-order chi connectivity index (χ1) is 13.3. The normalized spacial score (nSPS) is 15.4. The molecule has 0 spiro atoms. The molecule has 0 bridgehead atoms. The van der Waals surface area contributed by atoms with Crippen LogP contribution in [0.1, 0.15) is 5.56 Å². The van der Waals surface area contributed by atoms with E-state index in [4.69, 9.17) is 16.7 Å². The van der Waals surface area contributed by atoms with E-state index in [0.29, 0.717) is 18.8 Å². The number of carbonyl (C=O) groups excluding carboxylic acids is 1. The summed E-state index contributed by atoms with van der Waals surface area (Å²) in [6.07, 6.45) is 0. The number of nitrogens with two attached hydrogens (primary N) is 1. The van der Waals surface area contributed by atoms with Gasteiger partial charge in [-0.2, -0.15) is 0 Å². The lowest BCUT2D eigenvalue weighted by Gasteiger charge is -2.34. The van der Waals surface area contributed by atoms with Crippen molar-refractivity contribution in [2.45, 2.75) is 11.4 Å². The molecule has 0 unspecified atom stereocenters. The maximum absolute atomic E-state index is 12.4. The third-order valence-corrected chi connectivity index (χ3v) is 5.85. The zero-order chi connectivity index (χ0) is 20.1. The highest BCUT2D eigenvalue weighted by molar-refractivity contribution is 7.89. The summed E-state index contributed by atoms with van der Waals surface area (Å²) in [4.78, 5) is 16.6. The summed E-state index contributed by atoms with van der Waals surface area (Å²) < 4.78 is 22.5. The van der Waals surface area contributed by atoms with Gasteiger partial charge < -0.3 is 10.2 Å². The lowest BCUT2D eigenvalue weighted by molar-refractivity contribution is -0.131. The minimum Gasteiger partial charge on any atom is -0.376 e. The van der Waals surface area contributed by atoms with Crippen LogP contribution in [0.4, 0.5) is 5.69 Å². The summed E-state index contributed by atoms with van der Waals surface area (Å²) >= 11 is 5.91. The number of primary sulfonamides is 1. The zero-order valence-electron chi connectivity index (χ0n) is 15.3. The largest absolute Gasteiger partial charge is 0.376 e. The number of carbonyl (C=O) groups is 1. The molecule has 1 amide bonds. The molecule has 1 saturated heterocycles. The molecule has 0 aromatic heterocycles. The lowest BCUT2D eigenvalue weighted by Crippen LogP contribution is -2.49. The van der Waals surface area contributed by atoms with Crippen molar-refractivity contribution in [2.24, 2.45) is 5.14 Å². The predicted molar refractivity (Wildman–Crippen MR) is 110 cm³/mol. The first-order valence-corrected chi connectivity index (χ1v) is 10.8. The molecule has 9 heteroatoms. The quantitative estimate of drug-likeness (QED) is 0.739. The van der Waals surface area contributed by atoms with Gasteiger partial charge in [-0.25, -0.2) is 13.6 Å². The molecule has 3 rings (SSSR count). The van der Waals surface area contributed by atoms with Crippen molar-refractivity contribution >= 4 is 33.2 Å². The van der Waals surface area contributed by atoms with E-state index in [1.54, 1.807) is 12.1 Å². The Labute approximate surface area is 170 Å². The van der Waals surface area contributed by atoms with Crippen molar-refractivity contribution < 1.29 is 13.2 Å². The van der Waals surface area contributed by atoms with E-state index in [1.807, 2.05) is 29.2 Å². The monoisotopic (exact) mass is 422 g/mol. The Morgan fingerprint density at radius 1 is 1.00 bits per heavy atom. The number of nitrogens with zero attached hydrogens (tertiary/aromatic N) is 2. The highest BCUT2D eigenvalue weighted by Gasteiger charge is 2.21. The molecule has 0 atom stereocenters. The maximum Gasteiger partial charge on any atom is 0.241 e. The first-order valence-electron chi connectivity index (χ1n) is 8.92. The Hall–Kier alpha value is -2.13. The molecule has 1 aliphatic rings. The van der Waals surface area contributed by atoms with Crippen LogP contribution in [0.5, 0.6) is 0 Å². The van der Waals surface area contributed by atoms with Crippen LogP contribution in [0.3, 0.4) is 0 Å². The fourth-order valence-corrected chi connectivity index (χ4v) is 3.70. The third-order valence-electron chi connectivity index (χ3n) is 4.67. The number of hydrogen-bond acceptors (Lipinski definition) is 5. The number of sulfonamides is 1.